The minimum absolute atomic E-state index is 0. The van der Waals surface area contributed by atoms with E-state index in [1.54, 1.807) is 17.3 Å². The molecular weight excluding hydrogens is 520 g/mol. The van der Waals surface area contributed by atoms with Crippen LogP contribution in [0.1, 0.15) is 37.8 Å². The van der Waals surface area contributed by atoms with Crippen LogP contribution in [0.25, 0.3) is 0 Å². The summed E-state index contributed by atoms with van der Waals surface area (Å²) in [6.07, 6.45) is 1.49. The Bertz CT molecular complexity index is 796. The number of sulfonamides is 1. The van der Waals surface area contributed by atoms with Gasteiger partial charge in [0.15, 0.2) is 5.96 Å². The van der Waals surface area contributed by atoms with Crippen molar-refractivity contribution in [1.82, 2.24) is 19.8 Å². The Morgan fingerprint density at radius 1 is 1.27 bits per heavy atom. The molecule has 2 N–H and O–H groups in total. The third-order valence-corrected chi connectivity index (χ3v) is 6.80. The van der Waals surface area contributed by atoms with E-state index in [4.69, 9.17) is 0 Å². The molecule has 10 heteroatoms. The Kier molecular flexibility index (Phi) is 11.5. The fraction of sp³-hybridized carbons (Fsp3) is 0.650. The van der Waals surface area contributed by atoms with Crippen molar-refractivity contribution in [3.8, 4) is 0 Å². The summed E-state index contributed by atoms with van der Waals surface area (Å²) >= 11 is 0. The lowest BCUT2D eigenvalue weighted by molar-refractivity contribution is 0.306. The van der Waals surface area contributed by atoms with E-state index in [9.17, 15) is 12.8 Å². The summed E-state index contributed by atoms with van der Waals surface area (Å²) in [7, 11) is 0.702. The van der Waals surface area contributed by atoms with Gasteiger partial charge in [0.2, 0.25) is 10.0 Å². The van der Waals surface area contributed by atoms with Crippen molar-refractivity contribution in [2.45, 2.75) is 45.8 Å². The predicted octanol–water partition coefficient (Wildman–Crippen LogP) is 2.37. The van der Waals surface area contributed by atoms with Crippen molar-refractivity contribution in [3.63, 3.8) is 0 Å². The van der Waals surface area contributed by atoms with Gasteiger partial charge in [-0.3, -0.25) is 0 Å². The first-order valence-electron chi connectivity index (χ1n) is 10.2. The van der Waals surface area contributed by atoms with Crippen molar-refractivity contribution in [2.75, 3.05) is 39.5 Å². The van der Waals surface area contributed by atoms with Gasteiger partial charge in [0.25, 0.3) is 0 Å². The first-order chi connectivity index (χ1) is 13.7. The summed E-state index contributed by atoms with van der Waals surface area (Å²) in [6.45, 7) is 6.44. The molecule has 1 saturated heterocycles. The molecule has 1 aromatic rings. The quantitative estimate of drug-likeness (QED) is 0.293. The average molecular weight is 556 g/mol. The lowest BCUT2D eigenvalue weighted by atomic mass is 10.1. The number of hydrogen-bond acceptors (Lipinski definition) is 4. The molecule has 0 aromatic heterocycles. The van der Waals surface area contributed by atoms with Gasteiger partial charge in [0, 0.05) is 37.8 Å². The molecule has 1 aliphatic heterocycles. The van der Waals surface area contributed by atoms with Gasteiger partial charge in [-0.15, -0.1) is 24.0 Å². The van der Waals surface area contributed by atoms with Gasteiger partial charge in [0.05, 0.1) is 12.3 Å². The van der Waals surface area contributed by atoms with E-state index in [-0.39, 0.29) is 41.6 Å². The second-order valence-corrected chi connectivity index (χ2v) is 9.83. The first kappa shape index (κ1) is 27.1. The molecule has 30 heavy (non-hydrogen) atoms. The van der Waals surface area contributed by atoms with Crippen LogP contribution < -0.4 is 10.6 Å². The molecule has 172 valence electrons. The number of benzene rings is 1. The zero-order valence-corrected chi connectivity index (χ0v) is 21.5. The number of aliphatic imine (C=N–C) groups is 1. The molecule has 2 rings (SSSR count). The molecule has 0 radical (unpaired) electrons. The predicted molar refractivity (Wildman–Crippen MR) is 131 cm³/mol. The Hall–Kier alpha value is -0.980. The van der Waals surface area contributed by atoms with E-state index < -0.39 is 10.0 Å². The molecule has 0 atom stereocenters. The van der Waals surface area contributed by atoms with Gasteiger partial charge < -0.3 is 15.5 Å². The van der Waals surface area contributed by atoms with Crippen LogP contribution in [-0.2, 0) is 23.1 Å². The molecule has 0 saturated carbocycles. The highest BCUT2D eigenvalue weighted by atomic mass is 127. The van der Waals surface area contributed by atoms with E-state index in [0.717, 1.165) is 24.9 Å². The molecule has 0 bridgehead atoms. The SMILES string of the molecule is CCNC(=NCc1ccc(F)c(CN(C)C)c1)NC1CCN(S(=O)(=O)CC)CC1.I. The molecule has 0 unspecified atom stereocenters. The Morgan fingerprint density at radius 3 is 2.50 bits per heavy atom. The van der Waals surface area contributed by atoms with Crippen molar-refractivity contribution < 1.29 is 12.8 Å². The van der Waals surface area contributed by atoms with Crippen LogP contribution in [-0.4, -0.2) is 69.1 Å². The van der Waals surface area contributed by atoms with E-state index in [2.05, 4.69) is 15.6 Å². The molecule has 1 heterocycles. The van der Waals surface area contributed by atoms with Gasteiger partial charge in [-0.2, -0.15) is 0 Å². The highest BCUT2D eigenvalue weighted by Gasteiger charge is 2.27. The molecule has 1 aromatic carbocycles. The maximum absolute atomic E-state index is 14.0. The number of hydrogen-bond donors (Lipinski definition) is 2. The van der Waals surface area contributed by atoms with Crippen LogP contribution in [0, 0.1) is 5.82 Å². The maximum atomic E-state index is 14.0. The van der Waals surface area contributed by atoms with E-state index >= 15 is 0 Å². The molecule has 1 aliphatic rings. The third-order valence-electron chi connectivity index (χ3n) is 4.91. The lowest BCUT2D eigenvalue weighted by Crippen LogP contribution is -2.50. The van der Waals surface area contributed by atoms with Crippen molar-refractivity contribution >= 4 is 40.0 Å². The molecule has 0 aliphatic carbocycles. The number of rotatable bonds is 8. The number of piperidine rings is 1. The number of guanidine groups is 1. The second kappa shape index (κ2) is 12.8. The largest absolute Gasteiger partial charge is 0.357 e. The van der Waals surface area contributed by atoms with Crippen LogP contribution in [0.4, 0.5) is 4.39 Å². The zero-order valence-electron chi connectivity index (χ0n) is 18.3. The summed E-state index contributed by atoms with van der Waals surface area (Å²) < 4.78 is 39.5. The second-order valence-electron chi connectivity index (χ2n) is 7.58. The summed E-state index contributed by atoms with van der Waals surface area (Å²) in [5, 5.41) is 6.65. The fourth-order valence-electron chi connectivity index (χ4n) is 3.33. The maximum Gasteiger partial charge on any atom is 0.213 e. The fourth-order valence-corrected chi connectivity index (χ4v) is 4.47. The van der Waals surface area contributed by atoms with Gasteiger partial charge in [0.1, 0.15) is 5.82 Å². The Labute approximate surface area is 197 Å². The van der Waals surface area contributed by atoms with Crippen molar-refractivity contribution in [3.05, 3.63) is 35.1 Å². The van der Waals surface area contributed by atoms with E-state index in [0.29, 0.717) is 37.7 Å². The number of nitrogens with zero attached hydrogens (tertiary/aromatic N) is 3. The van der Waals surface area contributed by atoms with Crippen LogP contribution >= 0.6 is 24.0 Å². The standard InChI is InChI=1S/C20H34FN5O2S.HI/c1-5-22-20(24-18-9-11-26(12-10-18)29(27,28)6-2)23-14-16-7-8-19(21)17(13-16)15-25(3)4;/h7-8,13,18H,5-6,9-12,14-15H2,1-4H3,(H2,22,23,24);1H. The highest BCUT2D eigenvalue weighted by molar-refractivity contribution is 14.0. The monoisotopic (exact) mass is 555 g/mol. The number of nitrogens with one attached hydrogen (secondary N) is 2. The summed E-state index contributed by atoms with van der Waals surface area (Å²) in [6, 6.07) is 5.29. The highest BCUT2D eigenvalue weighted by Crippen LogP contribution is 2.15. The van der Waals surface area contributed by atoms with E-state index in [1.807, 2.05) is 32.0 Å². The molecule has 1 fully saturated rings. The van der Waals surface area contributed by atoms with Crippen LogP contribution in [0.5, 0.6) is 0 Å². The smallest absolute Gasteiger partial charge is 0.213 e. The van der Waals surface area contributed by atoms with Crippen LogP contribution in [0.2, 0.25) is 0 Å². The Balaban J connectivity index is 0.00000450. The van der Waals surface area contributed by atoms with Crippen LogP contribution in [0.3, 0.4) is 0 Å². The van der Waals surface area contributed by atoms with Gasteiger partial charge in [-0.05, 0) is 58.5 Å². The van der Waals surface area contributed by atoms with Crippen LogP contribution in [0.15, 0.2) is 23.2 Å². The molecule has 0 spiro atoms. The van der Waals surface area contributed by atoms with Gasteiger partial charge >= 0.3 is 0 Å². The zero-order chi connectivity index (χ0) is 21.4. The van der Waals surface area contributed by atoms with Crippen molar-refractivity contribution in [2.24, 2.45) is 4.99 Å². The molecular formula is C20H35FIN5O2S. The summed E-state index contributed by atoms with van der Waals surface area (Å²) in [4.78, 5) is 6.57. The molecule has 7 nitrogen and oxygen atoms in total. The lowest BCUT2D eigenvalue weighted by Gasteiger charge is -2.32. The van der Waals surface area contributed by atoms with Gasteiger partial charge in [-0.1, -0.05) is 6.07 Å². The Morgan fingerprint density at radius 2 is 1.93 bits per heavy atom. The normalized spacial score (nSPS) is 16.4. The summed E-state index contributed by atoms with van der Waals surface area (Å²) in [5.41, 5.74) is 1.61. The summed E-state index contributed by atoms with van der Waals surface area (Å²) in [5.74, 6) is 0.635. The average Bonchev–Trinajstić information content (AvgIpc) is 2.68. The minimum Gasteiger partial charge on any atom is -0.357 e. The number of halogens is 2. The topological polar surface area (TPSA) is 77.0 Å². The minimum atomic E-state index is -3.12. The first-order valence-corrected chi connectivity index (χ1v) is 11.8. The van der Waals surface area contributed by atoms with E-state index in [1.165, 1.54) is 6.07 Å². The molecule has 0 amide bonds. The third kappa shape index (κ3) is 8.27. The van der Waals surface area contributed by atoms with Crippen molar-refractivity contribution in [1.29, 1.82) is 0 Å². The van der Waals surface area contributed by atoms with Gasteiger partial charge in [-0.25, -0.2) is 22.1 Å².